The first-order valence-corrected chi connectivity index (χ1v) is 6.88. The van der Waals surface area contributed by atoms with Crippen LogP contribution >= 0.6 is 11.6 Å². The van der Waals surface area contributed by atoms with Crippen LogP contribution in [0.2, 0.25) is 5.02 Å². The Kier molecular flexibility index (Phi) is 3.14. The van der Waals surface area contributed by atoms with Crippen molar-refractivity contribution in [1.82, 2.24) is 4.98 Å². The Morgan fingerprint density at radius 3 is 2.65 bits per heavy atom. The van der Waals surface area contributed by atoms with Crippen molar-refractivity contribution in [2.24, 2.45) is 0 Å². The summed E-state index contributed by atoms with van der Waals surface area (Å²) >= 11 is 5.93. The van der Waals surface area contributed by atoms with E-state index in [0.29, 0.717) is 22.5 Å². The molecule has 1 heterocycles. The van der Waals surface area contributed by atoms with Gasteiger partial charge in [-0.25, -0.2) is 4.98 Å². The van der Waals surface area contributed by atoms with Gasteiger partial charge in [-0.05, 0) is 41.8 Å². The number of hydrogen-bond acceptors (Lipinski definition) is 3. The van der Waals surface area contributed by atoms with E-state index in [1.54, 1.807) is 12.1 Å². The van der Waals surface area contributed by atoms with E-state index in [9.17, 15) is 0 Å². The number of nitrogens with two attached hydrogens (primary N) is 1. The van der Waals surface area contributed by atoms with Gasteiger partial charge in [0.05, 0.1) is 10.7 Å². The van der Waals surface area contributed by atoms with Gasteiger partial charge < -0.3 is 10.2 Å². The minimum atomic E-state index is 0.464. The molecule has 0 aliphatic heterocycles. The molecule has 4 heteroatoms. The van der Waals surface area contributed by atoms with Crippen LogP contribution in [0.4, 0.5) is 5.69 Å². The summed E-state index contributed by atoms with van der Waals surface area (Å²) < 4.78 is 5.77. The van der Waals surface area contributed by atoms with Gasteiger partial charge in [0.1, 0.15) is 5.52 Å². The molecule has 0 saturated heterocycles. The van der Waals surface area contributed by atoms with Gasteiger partial charge in [0.15, 0.2) is 5.58 Å². The highest BCUT2D eigenvalue weighted by molar-refractivity contribution is 6.33. The first-order chi connectivity index (χ1) is 9.54. The third kappa shape index (κ3) is 2.25. The van der Waals surface area contributed by atoms with Crippen molar-refractivity contribution >= 4 is 28.4 Å². The molecule has 0 unspecified atom stereocenters. The Labute approximate surface area is 122 Å². The van der Waals surface area contributed by atoms with Crippen LogP contribution < -0.4 is 5.73 Å². The van der Waals surface area contributed by atoms with E-state index in [4.69, 9.17) is 21.8 Å². The second kappa shape index (κ2) is 4.84. The largest absolute Gasteiger partial charge is 0.436 e. The summed E-state index contributed by atoms with van der Waals surface area (Å²) in [6.07, 6.45) is 0. The molecule has 0 fully saturated rings. The fraction of sp³-hybridized carbons (Fsp3) is 0.188. The van der Waals surface area contributed by atoms with E-state index >= 15 is 0 Å². The minimum Gasteiger partial charge on any atom is -0.436 e. The molecular weight excluding hydrogens is 272 g/mol. The number of fused-ring (bicyclic) bond motifs is 1. The van der Waals surface area contributed by atoms with Crippen molar-refractivity contribution in [3.05, 3.63) is 47.0 Å². The average molecular weight is 287 g/mol. The van der Waals surface area contributed by atoms with Crippen molar-refractivity contribution < 1.29 is 4.42 Å². The normalized spacial score (nSPS) is 11.4. The van der Waals surface area contributed by atoms with E-state index in [1.165, 1.54) is 5.56 Å². The maximum Gasteiger partial charge on any atom is 0.227 e. The second-order valence-electron chi connectivity index (χ2n) is 5.14. The molecule has 3 rings (SSSR count). The van der Waals surface area contributed by atoms with Gasteiger partial charge in [-0.2, -0.15) is 0 Å². The fourth-order valence-corrected chi connectivity index (χ4v) is 2.22. The molecule has 3 aromatic rings. The zero-order valence-corrected chi connectivity index (χ0v) is 12.1. The molecule has 0 atom stereocenters. The molecule has 2 N–H and O–H groups in total. The number of aromatic nitrogens is 1. The minimum absolute atomic E-state index is 0.464. The number of benzene rings is 2. The Bertz CT molecular complexity index is 777. The summed E-state index contributed by atoms with van der Waals surface area (Å²) in [7, 11) is 0. The predicted octanol–water partition coefficient (Wildman–Crippen LogP) is 4.85. The van der Waals surface area contributed by atoms with Crippen molar-refractivity contribution in [2.75, 3.05) is 5.73 Å². The summed E-state index contributed by atoms with van der Waals surface area (Å²) in [5.74, 6) is 1.02. The molecule has 0 saturated carbocycles. The van der Waals surface area contributed by atoms with Gasteiger partial charge >= 0.3 is 0 Å². The first kappa shape index (κ1) is 13.0. The molecule has 0 aliphatic carbocycles. The summed E-state index contributed by atoms with van der Waals surface area (Å²) in [5.41, 5.74) is 10.0. The number of hydrogen-bond donors (Lipinski definition) is 1. The molecule has 2 aromatic carbocycles. The van der Waals surface area contributed by atoms with E-state index in [0.717, 1.165) is 16.7 Å². The molecule has 3 nitrogen and oxygen atoms in total. The number of nitrogen functional groups attached to an aromatic ring is 1. The lowest BCUT2D eigenvalue weighted by molar-refractivity contribution is 0.620. The van der Waals surface area contributed by atoms with Gasteiger partial charge in [0.2, 0.25) is 5.89 Å². The molecule has 0 spiro atoms. The number of rotatable bonds is 2. The molecule has 0 amide bonds. The van der Waals surface area contributed by atoms with E-state index < -0.39 is 0 Å². The van der Waals surface area contributed by atoms with Crippen LogP contribution in [0.1, 0.15) is 25.3 Å². The highest BCUT2D eigenvalue weighted by Crippen LogP contribution is 2.29. The highest BCUT2D eigenvalue weighted by atomic mass is 35.5. The Hall–Kier alpha value is -2.00. The number of nitrogens with zero attached hydrogens (tertiary/aromatic N) is 1. The summed E-state index contributed by atoms with van der Waals surface area (Å²) in [4.78, 5) is 4.53. The lowest BCUT2D eigenvalue weighted by Crippen LogP contribution is -1.87. The zero-order valence-electron chi connectivity index (χ0n) is 11.4. The lowest BCUT2D eigenvalue weighted by Gasteiger charge is -2.02. The van der Waals surface area contributed by atoms with Crippen LogP contribution in [-0.4, -0.2) is 4.98 Å². The van der Waals surface area contributed by atoms with Crippen molar-refractivity contribution in [2.45, 2.75) is 19.8 Å². The lowest BCUT2D eigenvalue weighted by atomic mass is 10.0. The molecule has 0 radical (unpaired) electrons. The van der Waals surface area contributed by atoms with Crippen molar-refractivity contribution in [1.29, 1.82) is 0 Å². The topological polar surface area (TPSA) is 52.0 Å². The van der Waals surface area contributed by atoms with Gasteiger partial charge in [-0.15, -0.1) is 0 Å². The average Bonchev–Trinajstić information content (AvgIpc) is 2.84. The fourth-order valence-electron chi connectivity index (χ4n) is 2.10. The Balaban J connectivity index is 2.10. The van der Waals surface area contributed by atoms with Crippen LogP contribution in [-0.2, 0) is 0 Å². The van der Waals surface area contributed by atoms with Crippen molar-refractivity contribution in [3.63, 3.8) is 0 Å². The number of oxazole rings is 1. The number of halogens is 1. The Morgan fingerprint density at radius 1 is 1.15 bits per heavy atom. The summed E-state index contributed by atoms with van der Waals surface area (Å²) in [5, 5.41) is 0.534. The second-order valence-corrected chi connectivity index (χ2v) is 5.54. The Morgan fingerprint density at radius 2 is 1.95 bits per heavy atom. The van der Waals surface area contributed by atoms with Crippen LogP contribution in [0, 0.1) is 0 Å². The molecule has 0 bridgehead atoms. The van der Waals surface area contributed by atoms with Crippen LogP contribution in [0.25, 0.3) is 22.6 Å². The smallest absolute Gasteiger partial charge is 0.227 e. The van der Waals surface area contributed by atoms with Gasteiger partial charge in [-0.3, -0.25) is 0 Å². The number of anilines is 1. The molecule has 102 valence electrons. The first-order valence-electron chi connectivity index (χ1n) is 6.50. The van der Waals surface area contributed by atoms with Gasteiger partial charge in [-0.1, -0.05) is 31.5 Å². The van der Waals surface area contributed by atoms with E-state index in [1.807, 2.05) is 12.1 Å². The van der Waals surface area contributed by atoms with E-state index in [2.05, 4.69) is 31.0 Å². The third-order valence-corrected chi connectivity index (χ3v) is 3.67. The van der Waals surface area contributed by atoms with Gasteiger partial charge in [0, 0.05) is 5.56 Å². The summed E-state index contributed by atoms with van der Waals surface area (Å²) in [6.45, 7) is 4.31. The van der Waals surface area contributed by atoms with Crippen LogP contribution in [0.3, 0.4) is 0 Å². The molecule has 0 aliphatic rings. The van der Waals surface area contributed by atoms with Crippen LogP contribution in [0.15, 0.2) is 40.8 Å². The van der Waals surface area contributed by atoms with Crippen molar-refractivity contribution in [3.8, 4) is 11.5 Å². The predicted molar refractivity (Wildman–Crippen MR) is 83.0 cm³/mol. The highest BCUT2D eigenvalue weighted by Gasteiger charge is 2.11. The molecule has 20 heavy (non-hydrogen) atoms. The monoisotopic (exact) mass is 286 g/mol. The third-order valence-electron chi connectivity index (χ3n) is 3.32. The quantitative estimate of drug-likeness (QED) is 0.685. The maximum atomic E-state index is 5.93. The zero-order chi connectivity index (χ0) is 14.3. The molecular formula is C16H15ClN2O. The van der Waals surface area contributed by atoms with Crippen LogP contribution in [0.5, 0.6) is 0 Å². The SMILES string of the molecule is CC(C)c1ccc2oc(-c3ccc(Cl)c(N)c3)nc2c1. The van der Waals surface area contributed by atoms with Gasteiger partial charge in [0.25, 0.3) is 0 Å². The standard InChI is InChI=1S/C16H15ClN2O/c1-9(2)10-4-6-15-14(8-10)19-16(20-15)11-3-5-12(17)13(18)7-11/h3-9H,18H2,1-2H3. The maximum absolute atomic E-state index is 5.93. The van der Waals surface area contributed by atoms with E-state index in [-0.39, 0.29) is 0 Å². The summed E-state index contributed by atoms with van der Waals surface area (Å²) in [6, 6.07) is 11.5. The molecule has 1 aromatic heterocycles.